The Hall–Kier alpha value is -4.76. The molecule has 6 atom stereocenters. The fourth-order valence-corrected chi connectivity index (χ4v) is 9.63. The molecule has 9 heteroatoms. The Balaban J connectivity index is 1.14. The number of piperidine rings is 1. The summed E-state index contributed by atoms with van der Waals surface area (Å²) in [5, 5.41) is 11.3. The molecule has 3 heterocycles. The van der Waals surface area contributed by atoms with Crippen molar-refractivity contribution in [2.45, 2.75) is 51.1 Å². The van der Waals surface area contributed by atoms with Gasteiger partial charge >= 0.3 is 0 Å². The number of carbonyl (C=O) groups is 4. The van der Waals surface area contributed by atoms with Crippen LogP contribution < -0.4 is 9.64 Å². The highest BCUT2D eigenvalue weighted by Crippen LogP contribution is 2.64. The highest BCUT2D eigenvalue weighted by molar-refractivity contribution is 6.24. The Bertz CT molecular complexity index is 1850. The van der Waals surface area contributed by atoms with Gasteiger partial charge in [-0.05, 0) is 74.4 Å². The van der Waals surface area contributed by atoms with Crippen molar-refractivity contribution in [1.82, 2.24) is 9.80 Å². The number of hydrogen-bond acceptors (Lipinski definition) is 7. The van der Waals surface area contributed by atoms with Crippen molar-refractivity contribution in [3.8, 4) is 11.5 Å². The van der Waals surface area contributed by atoms with Crippen molar-refractivity contribution in [1.29, 1.82) is 0 Å². The SMILES string of the molecule is COc1ccc(O)c([C@H]2C3=CC[C@@H]4C(=O)N(C5CCN(Cc6ccccc6)CC5)C(=O)[C@@H]4[C@@H]3C[C@H]3C(=O)N(c4ccccc4)C(=O)[C@@]23C)c1. The van der Waals surface area contributed by atoms with E-state index >= 15 is 0 Å². The number of benzene rings is 3. The van der Waals surface area contributed by atoms with E-state index in [1.165, 1.54) is 10.5 Å². The molecule has 2 aliphatic carbocycles. The number of ether oxygens (including phenoxy) is 1. The van der Waals surface area contributed by atoms with Gasteiger partial charge in [0, 0.05) is 37.2 Å². The Morgan fingerprint density at radius 3 is 2.24 bits per heavy atom. The smallest absolute Gasteiger partial charge is 0.241 e. The van der Waals surface area contributed by atoms with Crippen molar-refractivity contribution in [2.24, 2.45) is 29.1 Å². The van der Waals surface area contributed by atoms with E-state index in [0.717, 1.165) is 25.2 Å². The third kappa shape index (κ3) is 4.84. The van der Waals surface area contributed by atoms with Gasteiger partial charge in [-0.2, -0.15) is 0 Å². The second kappa shape index (κ2) is 12.0. The predicted octanol–water partition coefficient (Wildman–Crippen LogP) is 5.30. The third-order valence-electron chi connectivity index (χ3n) is 12.0. The van der Waals surface area contributed by atoms with E-state index in [1.807, 2.05) is 37.3 Å². The van der Waals surface area contributed by atoms with E-state index in [1.54, 1.807) is 54.5 Å². The number of nitrogens with zero attached hydrogens (tertiary/aromatic N) is 3. The first-order chi connectivity index (χ1) is 23.7. The van der Waals surface area contributed by atoms with Gasteiger partial charge < -0.3 is 9.84 Å². The van der Waals surface area contributed by atoms with Crippen LogP contribution in [0.3, 0.4) is 0 Å². The van der Waals surface area contributed by atoms with Gasteiger partial charge in [-0.25, -0.2) is 4.90 Å². The Morgan fingerprint density at radius 2 is 1.55 bits per heavy atom. The molecule has 0 aromatic heterocycles. The molecule has 3 aromatic rings. The van der Waals surface area contributed by atoms with Crippen LogP contribution in [0.2, 0.25) is 0 Å². The van der Waals surface area contributed by atoms with Crippen molar-refractivity contribution in [3.63, 3.8) is 0 Å². The normalized spacial score (nSPS) is 30.2. The van der Waals surface area contributed by atoms with Gasteiger partial charge in [0.2, 0.25) is 23.6 Å². The maximum absolute atomic E-state index is 14.6. The van der Waals surface area contributed by atoms with E-state index in [4.69, 9.17) is 4.74 Å². The van der Waals surface area contributed by atoms with Gasteiger partial charge in [0.1, 0.15) is 11.5 Å². The molecule has 4 amide bonds. The van der Waals surface area contributed by atoms with Crippen molar-refractivity contribution < 1.29 is 29.0 Å². The molecule has 252 valence electrons. The summed E-state index contributed by atoms with van der Waals surface area (Å²) < 4.78 is 5.54. The number of rotatable bonds is 6. The van der Waals surface area contributed by atoms with Crippen molar-refractivity contribution >= 4 is 29.3 Å². The van der Waals surface area contributed by atoms with E-state index in [-0.39, 0.29) is 41.8 Å². The molecule has 49 heavy (non-hydrogen) atoms. The minimum Gasteiger partial charge on any atom is -0.508 e. The summed E-state index contributed by atoms with van der Waals surface area (Å²) in [5.41, 5.74) is 1.83. The molecule has 0 unspecified atom stereocenters. The molecular weight excluding hydrogens is 618 g/mol. The quantitative estimate of drug-likeness (QED) is 0.283. The molecule has 3 aromatic carbocycles. The number of methoxy groups -OCH3 is 1. The van der Waals surface area contributed by atoms with Gasteiger partial charge in [0.15, 0.2) is 0 Å². The average Bonchev–Trinajstić information content (AvgIpc) is 3.49. The second-order valence-electron chi connectivity index (χ2n) is 14.5. The fraction of sp³-hybridized carbons (Fsp3) is 0.400. The summed E-state index contributed by atoms with van der Waals surface area (Å²) in [5.74, 6) is -3.45. The minimum absolute atomic E-state index is 0.00873. The molecule has 3 saturated heterocycles. The van der Waals surface area contributed by atoms with Gasteiger partial charge in [0.25, 0.3) is 0 Å². The first-order valence-corrected chi connectivity index (χ1v) is 17.4. The zero-order valence-corrected chi connectivity index (χ0v) is 27.8. The zero-order chi connectivity index (χ0) is 34.0. The van der Waals surface area contributed by atoms with Crippen LogP contribution in [0, 0.1) is 29.1 Å². The van der Waals surface area contributed by atoms with Crippen LogP contribution in [0.15, 0.2) is 90.5 Å². The summed E-state index contributed by atoms with van der Waals surface area (Å²) in [6.45, 7) is 4.25. The molecule has 8 rings (SSSR count). The second-order valence-corrected chi connectivity index (χ2v) is 14.5. The van der Waals surface area contributed by atoms with Crippen LogP contribution in [0.25, 0.3) is 0 Å². The number of allylic oxidation sites excluding steroid dienone is 2. The molecule has 0 radical (unpaired) electrons. The number of carbonyl (C=O) groups excluding carboxylic acids is 4. The summed E-state index contributed by atoms with van der Waals surface area (Å²) in [6, 6.07) is 24.0. The number of aromatic hydroxyl groups is 1. The van der Waals surface area contributed by atoms with E-state index in [0.29, 0.717) is 36.3 Å². The lowest BCUT2D eigenvalue weighted by Gasteiger charge is -2.49. The summed E-state index contributed by atoms with van der Waals surface area (Å²) in [6.07, 6.45) is 4.11. The van der Waals surface area contributed by atoms with Gasteiger partial charge in [-0.1, -0.05) is 60.2 Å². The standard InChI is InChI=1S/C40H41N3O6/c1-40-32(37(46)43(39(40)48)25-11-7-4-8-12-25)22-30-28(35(40)31-21-27(49-2)13-16-33(31)44)14-15-29-34(30)38(47)42(36(29)45)26-17-19-41(20-18-26)23-24-9-5-3-6-10-24/h3-14,16,21,26,29-30,32,34-35,44H,15,17-20,22-23H2,1-2H3/t29-,30+,32-,34-,35+,40+/m0/s1. The van der Waals surface area contributed by atoms with Crippen LogP contribution in [-0.2, 0) is 25.7 Å². The van der Waals surface area contributed by atoms with E-state index < -0.39 is 35.0 Å². The minimum atomic E-state index is -1.23. The van der Waals surface area contributed by atoms with Gasteiger partial charge in [-0.3, -0.25) is 29.0 Å². The fourth-order valence-electron chi connectivity index (χ4n) is 9.63. The molecule has 1 N–H and O–H groups in total. The Labute approximate surface area is 286 Å². The number of likely N-dealkylation sites (tertiary alicyclic amines) is 2. The van der Waals surface area contributed by atoms with Crippen LogP contribution in [0.1, 0.15) is 49.7 Å². The van der Waals surface area contributed by atoms with E-state index in [2.05, 4.69) is 17.0 Å². The molecular formula is C40H41N3O6. The number of phenolic OH excluding ortho intramolecular Hbond substituents is 1. The lowest BCUT2D eigenvalue weighted by atomic mass is 9.51. The lowest BCUT2D eigenvalue weighted by molar-refractivity contribution is -0.144. The van der Waals surface area contributed by atoms with Crippen LogP contribution in [0.4, 0.5) is 5.69 Å². The summed E-state index contributed by atoms with van der Waals surface area (Å²) >= 11 is 0. The van der Waals surface area contributed by atoms with E-state index in [9.17, 15) is 24.3 Å². The van der Waals surface area contributed by atoms with Crippen LogP contribution >= 0.6 is 0 Å². The van der Waals surface area contributed by atoms with Crippen LogP contribution in [-0.4, -0.2) is 64.8 Å². The Morgan fingerprint density at radius 1 is 0.857 bits per heavy atom. The maximum Gasteiger partial charge on any atom is 0.241 e. The average molecular weight is 660 g/mol. The molecule has 0 bridgehead atoms. The third-order valence-corrected chi connectivity index (χ3v) is 12.0. The van der Waals surface area contributed by atoms with Gasteiger partial charge in [-0.15, -0.1) is 0 Å². The van der Waals surface area contributed by atoms with Crippen molar-refractivity contribution in [2.75, 3.05) is 25.1 Å². The number of amides is 4. The number of hydrogen-bond donors (Lipinski definition) is 1. The highest BCUT2D eigenvalue weighted by Gasteiger charge is 2.68. The molecule has 5 aliphatic rings. The predicted molar refractivity (Wildman–Crippen MR) is 182 cm³/mol. The number of imide groups is 2. The van der Waals surface area contributed by atoms with Crippen LogP contribution in [0.5, 0.6) is 11.5 Å². The topological polar surface area (TPSA) is 107 Å². The zero-order valence-electron chi connectivity index (χ0n) is 27.8. The Kier molecular flexibility index (Phi) is 7.70. The molecule has 9 nitrogen and oxygen atoms in total. The lowest BCUT2D eigenvalue weighted by Crippen LogP contribution is -2.49. The highest BCUT2D eigenvalue weighted by atomic mass is 16.5. The molecule has 1 saturated carbocycles. The first kappa shape index (κ1) is 31.5. The van der Waals surface area contributed by atoms with Crippen molar-refractivity contribution in [3.05, 3.63) is 102 Å². The number of phenols is 1. The molecule has 0 spiro atoms. The largest absolute Gasteiger partial charge is 0.508 e. The monoisotopic (exact) mass is 659 g/mol. The summed E-state index contributed by atoms with van der Waals surface area (Å²) in [4.78, 5) is 62.8. The maximum atomic E-state index is 14.6. The number of para-hydroxylation sites is 1. The summed E-state index contributed by atoms with van der Waals surface area (Å²) in [7, 11) is 1.54. The molecule has 4 fully saturated rings. The first-order valence-electron chi connectivity index (χ1n) is 17.4. The number of anilines is 1. The van der Waals surface area contributed by atoms with Gasteiger partial charge in [0.05, 0.1) is 36.0 Å². The molecule has 3 aliphatic heterocycles. The number of fused-ring (bicyclic) bond motifs is 4.